The second-order valence-electron chi connectivity index (χ2n) is 5.39. The molecule has 0 saturated heterocycles. The fourth-order valence-corrected chi connectivity index (χ4v) is 2.47. The van der Waals surface area contributed by atoms with Gasteiger partial charge in [0.1, 0.15) is 5.75 Å². The van der Waals surface area contributed by atoms with Gasteiger partial charge < -0.3 is 9.47 Å². The number of methoxy groups -OCH3 is 2. The Morgan fingerprint density at radius 2 is 1.75 bits per heavy atom. The second kappa shape index (κ2) is 7.74. The van der Waals surface area contributed by atoms with Gasteiger partial charge in [-0.15, -0.1) is 0 Å². The molecule has 0 amide bonds. The summed E-state index contributed by atoms with van der Waals surface area (Å²) in [6.07, 6.45) is 0. The predicted molar refractivity (Wildman–Crippen MR) is 87.8 cm³/mol. The van der Waals surface area contributed by atoms with E-state index in [1.165, 1.54) is 32.4 Å². The molecule has 0 fully saturated rings. The summed E-state index contributed by atoms with van der Waals surface area (Å²) < 4.78 is 23.9. The highest BCUT2D eigenvalue weighted by Gasteiger charge is 2.13. The second-order valence-corrected chi connectivity index (χ2v) is 5.39. The number of nitrogens with zero attached hydrogens (tertiary/aromatic N) is 2. The summed E-state index contributed by atoms with van der Waals surface area (Å²) in [5, 5.41) is 10.9. The zero-order valence-corrected chi connectivity index (χ0v) is 13.8. The molecule has 2 aromatic carbocycles. The van der Waals surface area contributed by atoms with E-state index in [0.717, 1.165) is 5.56 Å². The van der Waals surface area contributed by atoms with Crippen LogP contribution in [0, 0.1) is 15.9 Å². The molecule has 0 aliphatic rings. The molecule has 0 heterocycles. The third-order valence-electron chi connectivity index (χ3n) is 3.58. The van der Waals surface area contributed by atoms with Crippen LogP contribution >= 0.6 is 0 Å². The number of ether oxygens (including phenoxy) is 2. The van der Waals surface area contributed by atoms with Crippen molar-refractivity contribution in [3.63, 3.8) is 0 Å². The number of nitro groups is 1. The van der Waals surface area contributed by atoms with E-state index in [-0.39, 0.29) is 11.4 Å². The Balaban J connectivity index is 2.14. The van der Waals surface area contributed by atoms with Crippen LogP contribution in [0.5, 0.6) is 11.5 Å². The third-order valence-corrected chi connectivity index (χ3v) is 3.58. The summed E-state index contributed by atoms with van der Waals surface area (Å²) in [7, 11) is 4.78. The summed E-state index contributed by atoms with van der Waals surface area (Å²) in [5.74, 6) is 0.353. The molecule has 0 aromatic heterocycles. The largest absolute Gasteiger partial charge is 0.496 e. The van der Waals surface area contributed by atoms with Gasteiger partial charge in [-0.25, -0.2) is 4.39 Å². The fraction of sp³-hybridized carbons (Fsp3) is 0.294. The minimum absolute atomic E-state index is 0.00897. The fourth-order valence-electron chi connectivity index (χ4n) is 2.47. The Bertz CT molecular complexity index is 737. The molecule has 24 heavy (non-hydrogen) atoms. The molecular formula is C17H19FN2O4. The normalized spacial score (nSPS) is 10.7. The molecule has 0 spiro atoms. The summed E-state index contributed by atoms with van der Waals surface area (Å²) >= 11 is 0. The molecule has 0 aliphatic heterocycles. The molecule has 0 bridgehead atoms. The van der Waals surface area contributed by atoms with Gasteiger partial charge >= 0.3 is 0 Å². The zero-order chi connectivity index (χ0) is 17.7. The summed E-state index contributed by atoms with van der Waals surface area (Å²) in [6, 6.07) is 9.25. The Hall–Kier alpha value is -2.67. The zero-order valence-electron chi connectivity index (χ0n) is 13.8. The van der Waals surface area contributed by atoms with Crippen molar-refractivity contribution < 1.29 is 18.8 Å². The van der Waals surface area contributed by atoms with Gasteiger partial charge in [-0.05, 0) is 30.8 Å². The van der Waals surface area contributed by atoms with Crippen molar-refractivity contribution in [3.05, 3.63) is 63.5 Å². The Kier molecular flexibility index (Phi) is 5.70. The highest BCUT2D eigenvalue weighted by Crippen LogP contribution is 2.26. The van der Waals surface area contributed by atoms with Crippen molar-refractivity contribution in [1.29, 1.82) is 0 Å². The Morgan fingerprint density at radius 3 is 2.33 bits per heavy atom. The molecule has 7 heteroatoms. The maximum Gasteiger partial charge on any atom is 0.270 e. The number of nitro benzene ring substituents is 1. The van der Waals surface area contributed by atoms with E-state index in [1.54, 1.807) is 18.2 Å². The highest BCUT2D eigenvalue weighted by molar-refractivity contribution is 5.43. The van der Waals surface area contributed by atoms with Gasteiger partial charge in [-0.2, -0.15) is 0 Å². The number of halogens is 1. The Morgan fingerprint density at radius 1 is 1.08 bits per heavy atom. The summed E-state index contributed by atoms with van der Waals surface area (Å²) in [5.41, 5.74) is 1.48. The van der Waals surface area contributed by atoms with E-state index in [1.807, 2.05) is 11.9 Å². The quantitative estimate of drug-likeness (QED) is 0.574. The van der Waals surface area contributed by atoms with Crippen molar-refractivity contribution in [2.75, 3.05) is 21.3 Å². The van der Waals surface area contributed by atoms with Crippen molar-refractivity contribution >= 4 is 5.69 Å². The number of non-ortho nitro benzene ring substituents is 1. The van der Waals surface area contributed by atoms with Crippen LogP contribution in [0.4, 0.5) is 10.1 Å². The molecular weight excluding hydrogens is 315 g/mol. The van der Waals surface area contributed by atoms with Crippen molar-refractivity contribution in [2.24, 2.45) is 0 Å². The average Bonchev–Trinajstić information content (AvgIpc) is 2.54. The first-order valence-corrected chi connectivity index (χ1v) is 7.27. The summed E-state index contributed by atoms with van der Waals surface area (Å²) in [4.78, 5) is 12.4. The highest BCUT2D eigenvalue weighted by atomic mass is 19.1. The van der Waals surface area contributed by atoms with E-state index >= 15 is 0 Å². The number of benzene rings is 2. The molecule has 0 N–H and O–H groups in total. The van der Waals surface area contributed by atoms with Crippen LogP contribution in [0.25, 0.3) is 0 Å². The maximum atomic E-state index is 13.7. The van der Waals surface area contributed by atoms with Crippen molar-refractivity contribution in [2.45, 2.75) is 13.1 Å². The lowest BCUT2D eigenvalue weighted by Gasteiger charge is -2.18. The van der Waals surface area contributed by atoms with Crippen LogP contribution < -0.4 is 9.47 Å². The number of hydrogen-bond donors (Lipinski definition) is 0. The van der Waals surface area contributed by atoms with Crippen LogP contribution in [0.2, 0.25) is 0 Å². The molecule has 0 saturated carbocycles. The van der Waals surface area contributed by atoms with Gasteiger partial charge in [-0.1, -0.05) is 6.07 Å². The molecule has 0 radical (unpaired) electrons. The lowest BCUT2D eigenvalue weighted by Crippen LogP contribution is -2.18. The van der Waals surface area contributed by atoms with Crippen LogP contribution in [0.15, 0.2) is 36.4 Å². The van der Waals surface area contributed by atoms with Crippen LogP contribution in [0.3, 0.4) is 0 Å². The Labute approximate surface area is 139 Å². The SMILES string of the molecule is COc1ccc(CN(C)Cc2cc([N+](=O)[O-])ccc2OC)cc1F. The van der Waals surface area contributed by atoms with E-state index in [2.05, 4.69) is 0 Å². The third kappa shape index (κ3) is 4.20. The average molecular weight is 334 g/mol. The van der Waals surface area contributed by atoms with Gasteiger partial charge in [0, 0.05) is 30.8 Å². The van der Waals surface area contributed by atoms with Crippen LogP contribution in [-0.2, 0) is 13.1 Å². The number of rotatable bonds is 7. The molecule has 2 aromatic rings. The monoisotopic (exact) mass is 334 g/mol. The lowest BCUT2D eigenvalue weighted by molar-refractivity contribution is -0.384. The predicted octanol–water partition coefficient (Wildman–Crippen LogP) is 3.38. The van der Waals surface area contributed by atoms with Crippen LogP contribution in [-0.4, -0.2) is 31.1 Å². The standard InChI is InChI=1S/C17H19FN2O4/c1-19(10-12-4-6-17(24-3)15(18)8-12)11-13-9-14(20(21)22)5-7-16(13)23-2/h4-9H,10-11H2,1-3H3. The molecule has 2 rings (SSSR count). The molecule has 0 atom stereocenters. The lowest BCUT2D eigenvalue weighted by atomic mass is 10.1. The van der Waals surface area contributed by atoms with Gasteiger partial charge in [-0.3, -0.25) is 15.0 Å². The van der Waals surface area contributed by atoms with Crippen LogP contribution in [0.1, 0.15) is 11.1 Å². The van der Waals surface area contributed by atoms with E-state index in [9.17, 15) is 14.5 Å². The van der Waals surface area contributed by atoms with Gasteiger partial charge in [0.25, 0.3) is 5.69 Å². The van der Waals surface area contributed by atoms with E-state index < -0.39 is 10.7 Å². The van der Waals surface area contributed by atoms with E-state index in [0.29, 0.717) is 24.4 Å². The smallest absolute Gasteiger partial charge is 0.270 e. The van der Waals surface area contributed by atoms with Crippen molar-refractivity contribution in [3.8, 4) is 11.5 Å². The molecule has 128 valence electrons. The topological polar surface area (TPSA) is 64.8 Å². The summed E-state index contributed by atoms with van der Waals surface area (Å²) in [6.45, 7) is 0.908. The van der Waals surface area contributed by atoms with Crippen molar-refractivity contribution in [1.82, 2.24) is 4.90 Å². The number of hydrogen-bond acceptors (Lipinski definition) is 5. The van der Waals surface area contributed by atoms with Gasteiger partial charge in [0.2, 0.25) is 0 Å². The minimum Gasteiger partial charge on any atom is -0.496 e. The molecule has 0 unspecified atom stereocenters. The molecule has 0 aliphatic carbocycles. The first kappa shape index (κ1) is 17.7. The first-order chi connectivity index (χ1) is 11.4. The van der Waals surface area contributed by atoms with Gasteiger partial charge in [0.15, 0.2) is 11.6 Å². The first-order valence-electron chi connectivity index (χ1n) is 7.27. The van der Waals surface area contributed by atoms with Gasteiger partial charge in [0.05, 0.1) is 19.1 Å². The molecule has 6 nitrogen and oxygen atoms in total. The maximum absolute atomic E-state index is 13.7. The minimum atomic E-state index is -0.443. The van der Waals surface area contributed by atoms with E-state index in [4.69, 9.17) is 9.47 Å².